The molecule has 5 nitrogen and oxygen atoms in total. The van der Waals surface area contributed by atoms with Gasteiger partial charge in [0.2, 0.25) is 0 Å². The molecule has 0 fully saturated rings. The first kappa shape index (κ1) is 19.5. The van der Waals surface area contributed by atoms with E-state index in [0.29, 0.717) is 11.0 Å². The Morgan fingerprint density at radius 3 is 2.14 bits per heavy atom. The molecular formula is C30H17N5. The zero-order valence-electron chi connectivity index (χ0n) is 18.6. The number of para-hydroxylation sites is 1. The van der Waals surface area contributed by atoms with Gasteiger partial charge in [-0.2, -0.15) is 10.5 Å². The number of nitrogens with zero attached hydrogens (tertiary/aromatic N) is 5. The number of hydrogen-bond donors (Lipinski definition) is 0. The number of aromatic nitrogens is 2. The van der Waals surface area contributed by atoms with Crippen LogP contribution in [-0.2, 0) is 0 Å². The van der Waals surface area contributed by atoms with Crippen LogP contribution in [0.5, 0.6) is 0 Å². The summed E-state index contributed by atoms with van der Waals surface area (Å²) in [5.41, 5.74) is 4.79. The minimum atomic E-state index is 0.0515. The quantitative estimate of drug-likeness (QED) is 0.278. The molecule has 0 spiro atoms. The van der Waals surface area contributed by atoms with E-state index in [1.807, 2.05) is 24.3 Å². The van der Waals surface area contributed by atoms with Crippen molar-refractivity contribution in [1.82, 2.24) is 9.97 Å². The predicted octanol–water partition coefficient (Wildman–Crippen LogP) is 6.41. The summed E-state index contributed by atoms with van der Waals surface area (Å²) in [6.07, 6.45) is 8.70. The molecule has 7 rings (SSSR count). The summed E-state index contributed by atoms with van der Waals surface area (Å²) in [5.74, 6) is 0.197. The molecule has 1 aliphatic carbocycles. The number of nitriles is 2. The van der Waals surface area contributed by atoms with Crippen molar-refractivity contribution < 1.29 is 0 Å². The topological polar surface area (TPSA) is 76.6 Å². The fourth-order valence-electron chi connectivity index (χ4n) is 5.65. The second-order valence-electron chi connectivity index (χ2n) is 8.80. The van der Waals surface area contributed by atoms with Crippen molar-refractivity contribution in [3.63, 3.8) is 0 Å². The third-order valence-electron chi connectivity index (χ3n) is 7.06. The molecule has 162 valence electrons. The minimum absolute atomic E-state index is 0.0515. The molecule has 0 saturated heterocycles. The van der Waals surface area contributed by atoms with Crippen LogP contribution in [0.25, 0.3) is 32.6 Å². The van der Waals surface area contributed by atoms with E-state index in [0.717, 1.165) is 32.9 Å². The molecular weight excluding hydrogens is 430 g/mol. The molecule has 0 radical (unpaired) electrons. The van der Waals surface area contributed by atoms with Crippen molar-refractivity contribution in [3.05, 3.63) is 108 Å². The fraction of sp³-hybridized carbons (Fsp3) is 0.0667. The number of benzene rings is 4. The van der Waals surface area contributed by atoms with Crippen LogP contribution >= 0.6 is 0 Å². The molecule has 2 heterocycles. The summed E-state index contributed by atoms with van der Waals surface area (Å²) in [7, 11) is 0. The Morgan fingerprint density at radius 1 is 0.686 bits per heavy atom. The lowest BCUT2D eigenvalue weighted by molar-refractivity contribution is 0.745. The number of allylic oxidation sites excluding steroid dienone is 2. The Hall–Kier alpha value is -5.00. The molecule has 2 unspecified atom stereocenters. The van der Waals surface area contributed by atoms with E-state index < -0.39 is 0 Å². The zero-order chi connectivity index (χ0) is 23.5. The lowest BCUT2D eigenvalue weighted by Gasteiger charge is -2.29. The van der Waals surface area contributed by atoms with Crippen molar-refractivity contribution in [2.45, 2.75) is 12.0 Å². The first-order chi connectivity index (χ1) is 17.3. The standard InChI is InChI=1S/C30H17N5/c31-16-24-25(17-32)34-29-27-21(19-10-4-5-12-22(19)28(29)33-24)14-15-23-20-11-6-7-13-26(20)35(30(23)27)18-8-2-1-3-9-18/h1-15,20,26H. The lowest BCUT2D eigenvalue weighted by atomic mass is 9.89. The van der Waals surface area contributed by atoms with Gasteiger partial charge in [-0.1, -0.05) is 78.9 Å². The fourth-order valence-corrected chi connectivity index (χ4v) is 5.65. The maximum Gasteiger partial charge on any atom is 0.177 e. The van der Waals surface area contributed by atoms with Crippen molar-refractivity contribution in [1.29, 1.82) is 10.5 Å². The summed E-state index contributed by atoms with van der Waals surface area (Å²) >= 11 is 0. The highest BCUT2D eigenvalue weighted by Gasteiger charge is 2.39. The summed E-state index contributed by atoms with van der Waals surface area (Å²) in [6.45, 7) is 0. The summed E-state index contributed by atoms with van der Waals surface area (Å²) in [6, 6.07) is 27.1. The van der Waals surface area contributed by atoms with E-state index in [1.165, 1.54) is 5.56 Å². The van der Waals surface area contributed by atoms with Gasteiger partial charge < -0.3 is 4.90 Å². The average molecular weight is 448 g/mol. The number of rotatable bonds is 1. The van der Waals surface area contributed by atoms with E-state index in [4.69, 9.17) is 4.98 Å². The molecule has 0 saturated carbocycles. The first-order valence-corrected chi connectivity index (χ1v) is 11.5. The predicted molar refractivity (Wildman–Crippen MR) is 137 cm³/mol. The highest BCUT2D eigenvalue weighted by Crippen LogP contribution is 2.52. The number of anilines is 2. The second kappa shape index (κ2) is 7.25. The molecule has 1 aliphatic heterocycles. The van der Waals surface area contributed by atoms with Gasteiger partial charge in [0.1, 0.15) is 17.7 Å². The van der Waals surface area contributed by atoms with Crippen LogP contribution in [0.3, 0.4) is 0 Å². The molecule has 2 aliphatic rings. The van der Waals surface area contributed by atoms with Crippen molar-refractivity contribution in [2.24, 2.45) is 0 Å². The van der Waals surface area contributed by atoms with Crippen LogP contribution in [0.15, 0.2) is 91.0 Å². The van der Waals surface area contributed by atoms with Crippen molar-refractivity contribution >= 4 is 44.0 Å². The average Bonchev–Trinajstić information content (AvgIpc) is 3.27. The Morgan fingerprint density at radius 2 is 1.37 bits per heavy atom. The smallest absolute Gasteiger partial charge is 0.177 e. The van der Waals surface area contributed by atoms with E-state index in [2.05, 4.69) is 88.8 Å². The van der Waals surface area contributed by atoms with Gasteiger partial charge in [0.25, 0.3) is 0 Å². The minimum Gasteiger partial charge on any atom is -0.333 e. The molecule has 35 heavy (non-hydrogen) atoms. The van der Waals surface area contributed by atoms with Gasteiger partial charge in [0, 0.05) is 22.4 Å². The van der Waals surface area contributed by atoms with Crippen LogP contribution in [0.4, 0.5) is 11.4 Å². The number of hydrogen-bond acceptors (Lipinski definition) is 5. The maximum atomic E-state index is 9.75. The number of fused-ring (bicyclic) bond motifs is 10. The largest absolute Gasteiger partial charge is 0.333 e. The SMILES string of the molecule is N#Cc1nc2c3ccccc3c3ccc4c(c3c2nc1C#N)N(c1ccccc1)C1C=CC=CC41. The molecule has 2 atom stereocenters. The third kappa shape index (κ3) is 2.61. The normalized spacial score (nSPS) is 17.9. The van der Waals surface area contributed by atoms with Crippen LogP contribution in [0.1, 0.15) is 22.9 Å². The molecule has 5 aromatic rings. The van der Waals surface area contributed by atoms with Gasteiger partial charge in [-0.25, -0.2) is 9.97 Å². The highest BCUT2D eigenvalue weighted by atomic mass is 15.2. The van der Waals surface area contributed by atoms with Gasteiger partial charge in [-0.3, -0.25) is 0 Å². The Balaban J connectivity index is 1.72. The highest BCUT2D eigenvalue weighted by molar-refractivity contribution is 6.27. The van der Waals surface area contributed by atoms with Gasteiger partial charge in [0.05, 0.1) is 17.2 Å². The van der Waals surface area contributed by atoms with E-state index >= 15 is 0 Å². The Kier molecular flexibility index (Phi) is 4.03. The van der Waals surface area contributed by atoms with Gasteiger partial charge in [-0.05, 0) is 28.5 Å². The first-order valence-electron chi connectivity index (χ1n) is 11.5. The Bertz CT molecular complexity index is 1840. The lowest BCUT2D eigenvalue weighted by Crippen LogP contribution is -2.28. The molecule has 1 aromatic heterocycles. The summed E-state index contributed by atoms with van der Waals surface area (Å²) in [5, 5.41) is 23.4. The van der Waals surface area contributed by atoms with Crippen LogP contribution in [-0.4, -0.2) is 16.0 Å². The van der Waals surface area contributed by atoms with Gasteiger partial charge in [-0.15, -0.1) is 0 Å². The van der Waals surface area contributed by atoms with E-state index in [1.54, 1.807) is 0 Å². The van der Waals surface area contributed by atoms with Crippen molar-refractivity contribution in [2.75, 3.05) is 4.90 Å². The van der Waals surface area contributed by atoms with E-state index in [9.17, 15) is 10.5 Å². The molecule has 0 N–H and O–H groups in total. The van der Waals surface area contributed by atoms with E-state index in [-0.39, 0.29) is 23.3 Å². The molecule has 4 aromatic carbocycles. The second-order valence-corrected chi connectivity index (χ2v) is 8.80. The van der Waals surface area contributed by atoms with Gasteiger partial charge >= 0.3 is 0 Å². The molecule has 5 heteroatoms. The summed E-state index contributed by atoms with van der Waals surface area (Å²) < 4.78 is 0. The third-order valence-corrected chi connectivity index (χ3v) is 7.06. The zero-order valence-corrected chi connectivity index (χ0v) is 18.6. The Labute approximate surface area is 201 Å². The van der Waals surface area contributed by atoms with Gasteiger partial charge in [0.15, 0.2) is 11.4 Å². The molecule has 0 amide bonds. The monoisotopic (exact) mass is 447 g/mol. The summed E-state index contributed by atoms with van der Waals surface area (Å²) in [4.78, 5) is 11.8. The maximum absolute atomic E-state index is 9.75. The van der Waals surface area contributed by atoms with Crippen LogP contribution in [0, 0.1) is 22.7 Å². The molecule has 0 bridgehead atoms. The van der Waals surface area contributed by atoms with Crippen LogP contribution in [0.2, 0.25) is 0 Å². The van der Waals surface area contributed by atoms with Crippen LogP contribution < -0.4 is 4.90 Å². The van der Waals surface area contributed by atoms with Crippen molar-refractivity contribution in [3.8, 4) is 12.1 Å².